The van der Waals surface area contributed by atoms with Gasteiger partial charge in [-0.3, -0.25) is 14.4 Å². The number of hydrogen-bond acceptors (Lipinski definition) is 4. The average molecular weight is 399 g/mol. The highest BCUT2D eigenvalue weighted by Gasteiger charge is 2.11. The highest BCUT2D eigenvalue weighted by molar-refractivity contribution is 6.31. The number of carbonyl (C=O) groups excluding carboxylic acids is 3. The molecular weight excluding hydrogens is 386 g/mol. The zero-order valence-corrected chi connectivity index (χ0v) is 14.7. The average Bonchev–Trinajstić information content (AvgIpc) is 2.61. The van der Waals surface area contributed by atoms with Crippen LogP contribution in [0, 0.1) is 5.82 Å². The van der Waals surface area contributed by atoms with Gasteiger partial charge in [0.15, 0.2) is 6.61 Å². The largest absolute Gasteiger partial charge is 0.454 e. The first-order valence-electron chi connectivity index (χ1n) is 7.29. The summed E-state index contributed by atoms with van der Waals surface area (Å²) >= 11 is 11.3. The predicted octanol–water partition coefficient (Wildman–Crippen LogP) is 3.04. The van der Waals surface area contributed by atoms with Gasteiger partial charge in [-0.25, -0.2) is 4.39 Å². The first-order valence-corrected chi connectivity index (χ1v) is 8.05. The molecule has 0 aliphatic carbocycles. The Morgan fingerprint density at radius 2 is 1.73 bits per heavy atom. The first kappa shape index (κ1) is 19.7. The van der Waals surface area contributed by atoms with E-state index >= 15 is 0 Å². The minimum Gasteiger partial charge on any atom is -0.454 e. The Morgan fingerprint density at radius 3 is 2.38 bits per heavy atom. The van der Waals surface area contributed by atoms with Crippen molar-refractivity contribution in [3.8, 4) is 0 Å². The fourth-order valence-electron chi connectivity index (χ4n) is 1.82. The quantitative estimate of drug-likeness (QED) is 0.732. The van der Waals surface area contributed by atoms with Gasteiger partial charge in [-0.2, -0.15) is 0 Å². The van der Waals surface area contributed by atoms with Gasteiger partial charge in [0, 0.05) is 16.3 Å². The molecule has 0 heterocycles. The number of hydrogen-bond donors (Lipinski definition) is 2. The number of esters is 1. The molecule has 0 fully saturated rings. The summed E-state index contributed by atoms with van der Waals surface area (Å²) in [6, 6.07) is 9.72. The number of amides is 2. The molecule has 136 valence electrons. The van der Waals surface area contributed by atoms with Gasteiger partial charge in [-0.15, -0.1) is 0 Å². The van der Waals surface area contributed by atoms with Crippen molar-refractivity contribution in [3.63, 3.8) is 0 Å². The van der Waals surface area contributed by atoms with E-state index in [9.17, 15) is 18.8 Å². The van der Waals surface area contributed by atoms with Crippen LogP contribution < -0.4 is 10.6 Å². The molecule has 0 saturated carbocycles. The molecule has 9 heteroatoms. The van der Waals surface area contributed by atoms with E-state index in [1.807, 2.05) is 0 Å². The first-order chi connectivity index (χ1) is 12.3. The van der Waals surface area contributed by atoms with Crippen molar-refractivity contribution in [2.45, 2.75) is 0 Å². The SMILES string of the molecule is O=C(COC(=O)CNC(=O)c1ccc(Cl)cc1)Nc1ccc(F)c(Cl)c1. The molecule has 0 aliphatic heterocycles. The molecule has 2 amide bonds. The Balaban J connectivity index is 1.73. The van der Waals surface area contributed by atoms with E-state index in [1.165, 1.54) is 24.3 Å². The summed E-state index contributed by atoms with van der Waals surface area (Å²) in [7, 11) is 0. The van der Waals surface area contributed by atoms with E-state index in [0.29, 0.717) is 10.6 Å². The van der Waals surface area contributed by atoms with Crippen LogP contribution in [0.15, 0.2) is 42.5 Å². The number of benzene rings is 2. The molecule has 6 nitrogen and oxygen atoms in total. The van der Waals surface area contributed by atoms with Gasteiger partial charge < -0.3 is 15.4 Å². The van der Waals surface area contributed by atoms with Crippen LogP contribution in [0.1, 0.15) is 10.4 Å². The summed E-state index contributed by atoms with van der Waals surface area (Å²) in [5.41, 5.74) is 0.585. The minimum absolute atomic E-state index is 0.148. The van der Waals surface area contributed by atoms with Crippen LogP contribution in [0.25, 0.3) is 0 Å². The van der Waals surface area contributed by atoms with Crippen molar-refractivity contribution >= 4 is 46.7 Å². The summed E-state index contributed by atoms with van der Waals surface area (Å²) in [4.78, 5) is 35.1. The third kappa shape index (κ3) is 6.02. The number of carbonyl (C=O) groups is 3. The van der Waals surface area contributed by atoms with Gasteiger partial charge in [0.25, 0.3) is 11.8 Å². The third-order valence-electron chi connectivity index (χ3n) is 3.07. The molecule has 0 atom stereocenters. The van der Waals surface area contributed by atoms with E-state index in [2.05, 4.69) is 10.6 Å². The lowest BCUT2D eigenvalue weighted by Gasteiger charge is -2.08. The summed E-state index contributed by atoms with van der Waals surface area (Å²) in [6.45, 7) is -0.970. The minimum atomic E-state index is -0.792. The van der Waals surface area contributed by atoms with E-state index in [0.717, 1.165) is 6.07 Å². The van der Waals surface area contributed by atoms with E-state index in [-0.39, 0.29) is 10.7 Å². The molecule has 0 radical (unpaired) electrons. The number of anilines is 1. The monoisotopic (exact) mass is 398 g/mol. The van der Waals surface area contributed by atoms with Gasteiger partial charge in [0.2, 0.25) is 0 Å². The van der Waals surface area contributed by atoms with Crippen molar-refractivity contribution in [2.24, 2.45) is 0 Å². The summed E-state index contributed by atoms with van der Waals surface area (Å²) < 4.78 is 17.8. The molecule has 0 bridgehead atoms. The van der Waals surface area contributed by atoms with E-state index < -0.39 is 36.8 Å². The summed E-state index contributed by atoms with van der Waals surface area (Å²) in [5, 5.41) is 5.08. The van der Waals surface area contributed by atoms with Crippen molar-refractivity contribution in [1.82, 2.24) is 5.32 Å². The number of ether oxygens (including phenoxy) is 1. The molecule has 2 aromatic carbocycles. The molecule has 0 aromatic heterocycles. The summed E-state index contributed by atoms with van der Waals surface area (Å²) in [6.07, 6.45) is 0. The molecule has 0 unspecified atom stereocenters. The fourth-order valence-corrected chi connectivity index (χ4v) is 2.13. The topological polar surface area (TPSA) is 84.5 Å². The molecule has 2 N–H and O–H groups in total. The zero-order chi connectivity index (χ0) is 19.1. The predicted molar refractivity (Wildman–Crippen MR) is 94.8 cm³/mol. The maximum Gasteiger partial charge on any atom is 0.325 e. The lowest BCUT2D eigenvalue weighted by atomic mass is 10.2. The lowest BCUT2D eigenvalue weighted by molar-refractivity contribution is -0.146. The van der Waals surface area contributed by atoms with Gasteiger partial charge in [0.05, 0.1) is 5.02 Å². The van der Waals surface area contributed by atoms with Gasteiger partial charge >= 0.3 is 5.97 Å². The lowest BCUT2D eigenvalue weighted by Crippen LogP contribution is -2.32. The molecule has 2 rings (SSSR count). The number of rotatable bonds is 6. The normalized spacial score (nSPS) is 10.1. The smallest absolute Gasteiger partial charge is 0.325 e. The van der Waals surface area contributed by atoms with Crippen LogP contribution in [0.4, 0.5) is 10.1 Å². The second kappa shape index (κ2) is 9.17. The van der Waals surface area contributed by atoms with Gasteiger partial charge in [-0.1, -0.05) is 23.2 Å². The van der Waals surface area contributed by atoms with Crippen molar-refractivity contribution in [1.29, 1.82) is 0 Å². The van der Waals surface area contributed by atoms with E-state index in [4.69, 9.17) is 27.9 Å². The third-order valence-corrected chi connectivity index (χ3v) is 3.61. The maximum absolute atomic E-state index is 13.0. The van der Waals surface area contributed by atoms with Crippen LogP contribution in [0.3, 0.4) is 0 Å². The van der Waals surface area contributed by atoms with Crippen LogP contribution in [0.2, 0.25) is 10.0 Å². The highest BCUT2D eigenvalue weighted by Crippen LogP contribution is 2.19. The number of nitrogens with one attached hydrogen (secondary N) is 2. The second-order valence-electron chi connectivity index (χ2n) is 5.03. The van der Waals surface area contributed by atoms with Crippen LogP contribution >= 0.6 is 23.2 Å². The Morgan fingerprint density at radius 1 is 1.04 bits per heavy atom. The van der Waals surface area contributed by atoms with Crippen molar-refractivity contribution < 1.29 is 23.5 Å². The summed E-state index contributed by atoms with van der Waals surface area (Å²) in [5.74, 6) is -2.53. The number of halogens is 3. The van der Waals surface area contributed by atoms with Crippen LogP contribution in [-0.2, 0) is 14.3 Å². The van der Waals surface area contributed by atoms with Crippen LogP contribution in [0.5, 0.6) is 0 Å². The zero-order valence-electron chi connectivity index (χ0n) is 13.2. The fraction of sp³-hybridized carbons (Fsp3) is 0.118. The standard InChI is InChI=1S/C17H13Cl2FN2O4/c18-11-3-1-10(2-4-11)17(25)21-8-16(24)26-9-15(23)22-12-5-6-14(20)13(19)7-12/h1-7H,8-9H2,(H,21,25)(H,22,23). The molecule has 2 aromatic rings. The maximum atomic E-state index is 13.0. The van der Waals surface area contributed by atoms with Gasteiger partial charge in [-0.05, 0) is 42.5 Å². The molecule has 0 saturated heterocycles. The van der Waals surface area contributed by atoms with Gasteiger partial charge in [0.1, 0.15) is 12.4 Å². The molecule has 0 aliphatic rings. The van der Waals surface area contributed by atoms with Crippen molar-refractivity contribution in [2.75, 3.05) is 18.5 Å². The Labute approximate surface area is 158 Å². The highest BCUT2D eigenvalue weighted by atomic mass is 35.5. The van der Waals surface area contributed by atoms with Crippen molar-refractivity contribution in [3.05, 3.63) is 63.9 Å². The molecule has 26 heavy (non-hydrogen) atoms. The molecule has 0 spiro atoms. The second-order valence-corrected chi connectivity index (χ2v) is 5.87. The molecular formula is C17H13Cl2FN2O4. The Kier molecular flexibility index (Phi) is 6.94. The Hall–Kier alpha value is -2.64. The Bertz CT molecular complexity index is 828. The van der Waals surface area contributed by atoms with Crippen LogP contribution in [-0.4, -0.2) is 30.9 Å². The van der Waals surface area contributed by atoms with E-state index in [1.54, 1.807) is 12.1 Å².